The first kappa shape index (κ1) is 18.2. The summed E-state index contributed by atoms with van der Waals surface area (Å²) in [7, 11) is 2.09. The molecule has 1 aromatic rings. The van der Waals surface area contributed by atoms with E-state index in [4.69, 9.17) is 0 Å². The average molecular weight is 290 g/mol. The van der Waals surface area contributed by atoms with Gasteiger partial charge in [-0.2, -0.15) is 0 Å². The Morgan fingerprint density at radius 2 is 1.52 bits per heavy atom. The van der Waals surface area contributed by atoms with E-state index >= 15 is 0 Å². The van der Waals surface area contributed by atoms with E-state index in [1.165, 1.54) is 22.3 Å². The van der Waals surface area contributed by atoms with E-state index in [2.05, 4.69) is 77.9 Å². The summed E-state index contributed by atoms with van der Waals surface area (Å²) in [5, 5.41) is 3.60. The van der Waals surface area contributed by atoms with Gasteiger partial charge < -0.3 is 5.32 Å². The van der Waals surface area contributed by atoms with Crippen LogP contribution in [0.2, 0.25) is 0 Å². The molecule has 1 N–H and O–H groups in total. The number of nitrogens with one attached hydrogen (secondary N) is 1. The van der Waals surface area contributed by atoms with Gasteiger partial charge in [-0.15, -0.1) is 0 Å². The number of benzene rings is 1. The third kappa shape index (κ3) is 3.49. The summed E-state index contributed by atoms with van der Waals surface area (Å²) in [6.45, 7) is 18.1. The van der Waals surface area contributed by atoms with Crippen LogP contribution in [-0.4, -0.2) is 30.6 Å². The topological polar surface area (TPSA) is 15.3 Å². The van der Waals surface area contributed by atoms with Gasteiger partial charge in [-0.05, 0) is 76.5 Å². The van der Waals surface area contributed by atoms with Crippen molar-refractivity contribution in [1.82, 2.24) is 10.2 Å². The molecule has 0 fully saturated rings. The lowest BCUT2D eigenvalue weighted by atomic mass is 9.80. The molecule has 0 bridgehead atoms. The third-order valence-electron chi connectivity index (χ3n) is 5.31. The fraction of sp³-hybridized carbons (Fsp3) is 0.684. The zero-order chi connectivity index (χ0) is 16.2. The lowest BCUT2D eigenvalue weighted by molar-refractivity contribution is 0.0726. The summed E-state index contributed by atoms with van der Waals surface area (Å²) in [4.78, 5) is 2.59. The SMILES string of the molecule is CCN(CC)C(C)(CC)C(NC)c1cc(C)c(C)cc1C. The van der Waals surface area contributed by atoms with Crippen molar-refractivity contribution < 1.29 is 0 Å². The summed E-state index contributed by atoms with van der Waals surface area (Å²) in [5.74, 6) is 0. The van der Waals surface area contributed by atoms with Crippen LogP contribution in [0.4, 0.5) is 0 Å². The lowest BCUT2D eigenvalue weighted by Crippen LogP contribution is -2.53. The van der Waals surface area contributed by atoms with Gasteiger partial charge in [-0.3, -0.25) is 4.90 Å². The van der Waals surface area contributed by atoms with Gasteiger partial charge in [0.2, 0.25) is 0 Å². The quantitative estimate of drug-likeness (QED) is 0.801. The highest BCUT2D eigenvalue weighted by atomic mass is 15.2. The molecule has 0 saturated carbocycles. The molecule has 2 atom stereocenters. The van der Waals surface area contributed by atoms with Crippen molar-refractivity contribution in [2.45, 2.75) is 66.5 Å². The number of nitrogens with zero attached hydrogens (tertiary/aromatic N) is 1. The van der Waals surface area contributed by atoms with E-state index in [-0.39, 0.29) is 5.54 Å². The molecule has 0 saturated heterocycles. The van der Waals surface area contributed by atoms with E-state index in [0.717, 1.165) is 19.5 Å². The van der Waals surface area contributed by atoms with Crippen LogP contribution in [0.3, 0.4) is 0 Å². The molecule has 1 rings (SSSR count). The zero-order valence-electron chi connectivity index (χ0n) is 15.3. The lowest BCUT2D eigenvalue weighted by Gasteiger charge is -2.46. The molecular weight excluding hydrogens is 256 g/mol. The maximum absolute atomic E-state index is 3.60. The van der Waals surface area contributed by atoms with E-state index in [9.17, 15) is 0 Å². The van der Waals surface area contributed by atoms with Crippen LogP contribution in [0.5, 0.6) is 0 Å². The Morgan fingerprint density at radius 1 is 1.00 bits per heavy atom. The second kappa shape index (κ2) is 7.42. The minimum atomic E-state index is 0.130. The molecule has 0 radical (unpaired) electrons. The predicted molar refractivity (Wildman–Crippen MR) is 94.1 cm³/mol. The van der Waals surface area contributed by atoms with Crippen LogP contribution >= 0.6 is 0 Å². The molecule has 0 aliphatic carbocycles. The van der Waals surface area contributed by atoms with Gasteiger partial charge in [0.05, 0.1) is 6.04 Å². The van der Waals surface area contributed by atoms with Gasteiger partial charge in [0.1, 0.15) is 0 Å². The van der Waals surface area contributed by atoms with Crippen LogP contribution in [0.1, 0.15) is 62.4 Å². The van der Waals surface area contributed by atoms with Gasteiger partial charge >= 0.3 is 0 Å². The van der Waals surface area contributed by atoms with E-state index in [1.807, 2.05) is 0 Å². The molecule has 0 amide bonds. The van der Waals surface area contributed by atoms with Gasteiger partial charge in [-0.25, -0.2) is 0 Å². The minimum absolute atomic E-state index is 0.130. The van der Waals surface area contributed by atoms with Crippen molar-refractivity contribution in [3.8, 4) is 0 Å². The molecule has 1 aromatic carbocycles. The molecule has 2 unspecified atom stereocenters. The van der Waals surface area contributed by atoms with Gasteiger partial charge in [0.15, 0.2) is 0 Å². The first-order valence-corrected chi connectivity index (χ1v) is 8.35. The molecule has 2 nitrogen and oxygen atoms in total. The number of hydrogen-bond acceptors (Lipinski definition) is 2. The summed E-state index contributed by atoms with van der Waals surface area (Å²) in [6.07, 6.45) is 1.13. The summed E-state index contributed by atoms with van der Waals surface area (Å²) in [6, 6.07) is 5.05. The summed E-state index contributed by atoms with van der Waals surface area (Å²) >= 11 is 0. The van der Waals surface area contributed by atoms with Crippen LogP contribution in [0, 0.1) is 20.8 Å². The minimum Gasteiger partial charge on any atom is -0.311 e. The van der Waals surface area contributed by atoms with Crippen LogP contribution in [0.15, 0.2) is 12.1 Å². The Labute approximate surface area is 131 Å². The Balaban J connectivity index is 3.37. The number of likely N-dealkylation sites (N-methyl/N-ethyl adjacent to an activating group) is 2. The van der Waals surface area contributed by atoms with Crippen molar-refractivity contribution in [2.24, 2.45) is 0 Å². The number of aryl methyl sites for hydroxylation is 3. The molecule has 2 heteroatoms. The molecule has 21 heavy (non-hydrogen) atoms. The highest BCUT2D eigenvalue weighted by Crippen LogP contribution is 2.36. The Hall–Kier alpha value is -0.860. The van der Waals surface area contributed by atoms with Crippen LogP contribution < -0.4 is 5.32 Å². The average Bonchev–Trinajstić information content (AvgIpc) is 2.46. The molecule has 0 aliphatic rings. The Morgan fingerprint density at radius 3 is 1.95 bits per heavy atom. The standard InChI is InChI=1S/C19H34N2/c1-9-19(7,21(10-2)11-3)18(20-8)17-13-15(5)14(4)12-16(17)6/h12-13,18,20H,9-11H2,1-8H3. The molecular formula is C19H34N2. The molecule has 120 valence electrons. The highest BCUT2D eigenvalue weighted by Gasteiger charge is 2.37. The summed E-state index contributed by atoms with van der Waals surface area (Å²) in [5.41, 5.74) is 5.73. The maximum atomic E-state index is 3.60. The van der Waals surface area contributed by atoms with Crippen LogP contribution in [0.25, 0.3) is 0 Å². The monoisotopic (exact) mass is 290 g/mol. The van der Waals surface area contributed by atoms with Crippen molar-refractivity contribution >= 4 is 0 Å². The fourth-order valence-electron chi connectivity index (χ4n) is 3.65. The Kier molecular flexibility index (Phi) is 6.42. The van der Waals surface area contributed by atoms with Gasteiger partial charge in [-0.1, -0.05) is 32.9 Å². The summed E-state index contributed by atoms with van der Waals surface area (Å²) < 4.78 is 0. The molecule has 0 heterocycles. The fourth-order valence-corrected chi connectivity index (χ4v) is 3.65. The largest absolute Gasteiger partial charge is 0.311 e. The number of rotatable bonds is 7. The molecule has 0 aliphatic heterocycles. The highest BCUT2D eigenvalue weighted by molar-refractivity contribution is 5.39. The second-order valence-corrected chi connectivity index (χ2v) is 6.40. The number of hydrogen-bond donors (Lipinski definition) is 1. The van der Waals surface area contributed by atoms with Crippen molar-refractivity contribution in [1.29, 1.82) is 0 Å². The smallest absolute Gasteiger partial charge is 0.0504 e. The molecule has 0 aromatic heterocycles. The van der Waals surface area contributed by atoms with Crippen molar-refractivity contribution in [3.63, 3.8) is 0 Å². The normalized spacial score (nSPS) is 16.0. The second-order valence-electron chi connectivity index (χ2n) is 6.40. The van der Waals surface area contributed by atoms with Crippen LogP contribution in [-0.2, 0) is 0 Å². The maximum Gasteiger partial charge on any atom is 0.0504 e. The third-order valence-corrected chi connectivity index (χ3v) is 5.31. The van der Waals surface area contributed by atoms with E-state index in [1.54, 1.807) is 0 Å². The van der Waals surface area contributed by atoms with E-state index < -0.39 is 0 Å². The van der Waals surface area contributed by atoms with Gasteiger partial charge in [0.25, 0.3) is 0 Å². The zero-order valence-corrected chi connectivity index (χ0v) is 15.3. The van der Waals surface area contributed by atoms with Crippen molar-refractivity contribution in [3.05, 3.63) is 34.4 Å². The predicted octanol–water partition coefficient (Wildman–Crippen LogP) is 4.38. The van der Waals surface area contributed by atoms with Gasteiger partial charge in [0, 0.05) is 5.54 Å². The first-order chi connectivity index (χ1) is 9.85. The molecule has 0 spiro atoms. The van der Waals surface area contributed by atoms with E-state index in [0.29, 0.717) is 6.04 Å². The Bertz CT molecular complexity index is 463. The first-order valence-electron chi connectivity index (χ1n) is 8.35. The van der Waals surface area contributed by atoms with Crippen molar-refractivity contribution in [2.75, 3.05) is 20.1 Å².